The smallest absolute Gasteiger partial charge is 0.305 e. The van der Waals surface area contributed by atoms with Crippen molar-refractivity contribution in [2.75, 3.05) is 13.2 Å². The van der Waals surface area contributed by atoms with E-state index in [9.17, 15) is 19.8 Å². The number of unbranched alkanes of at least 4 members (excludes halogenated alkanes) is 45. The Morgan fingerprint density at radius 2 is 0.653 bits per heavy atom. The summed E-state index contributed by atoms with van der Waals surface area (Å²) in [4.78, 5) is 24.5. The number of ether oxygens (including phenoxy) is 1. The molecular formula is C66H125NO5. The topological polar surface area (TPSA) is 95.9 Å². The average Bonchev–Trinajstić information content (AvgIpc) is 3.38. The maximum absolute atomic E-state index is 12.5. The van der Waals surface area contributed by atoms with Crippen LogP contribution in [0.5, 0.6) is 0 Å². The zero-order chi connectivity index (χ0) is 52.2. The predicted octanol–water partition coefficient (Wildman–Crippen LogP) is 20.4. The van der Waals surface area contributed by atoms with Crippen molar-refractivity contribution in [1.82, 2.24) is 5.32 Å². The summed E-state index contributed by atoms with van der Waals surface area (Å²) in [5.74, 6) is -0.0640. The number of aliphatic hydroxyl groups is 2. The number of carbonyl (C=O) groups excluding carboxylic acids is 2. The molecule has 0 aromatic heterocycles. The van der Waals surface area contributed by atoms with Crippen molar-refractivity contribution < 1.29 is 24.5 Å². The molecule has 2 unspecified atom stereocenters. The van der Waals surface area contributed by atoms with Crippen molar-refractivity contribution in [3.63, 3.8) is 0 Å². The van der Waals surface area contributed by atoms with E-state index in [0.717, 1.165) is 44.9 Å². The Labute approximate surface area is 449 Å². The van der Waals surface area contributed by atoms with E-state index in [0.29, 0.717) is 19.4 Å². The molecule has 72 heavy (non-hydrogen) atoms. The second-order valence-corrected chi connectivity index (χ2v) is 22.1. The molecule has 0 saturated carbocycles. The Balaban J connectivity index is 3.42. The zero-order valence-corrected chi connectivity index (χ0v) is 48.4. The first kappa shape index (κ1) is 70.1. The highest BCUT2D eigenvalue weighted by atomic mass is 16.5. The fourth-order valence-corrected chi connectivity index (χ4v) is 9.92. The number of amides is 1. The minimum atomic E-state index is -0.846. The van der Waals surface area contributed by atoms with Crippen LogP contribution in [0.1, 0.15) is 348 Å². The maximum atomic E-state index is 12.5. The van der Waals surface area contributed by atoms with Gasteiger partial charge in [-0.05, 0) is 83.5 Å². The molecule has 0 aromatic rings. The van der Waals surface area contributed by atoms with Gasteiger partial charge in [0.2, 0.25) is 5.91 Å². The number of hydrogen-bond acceptors (Lipinski definition) is 5. The summed E-state index contributed by atoms with van der Waals surface area (Å²) >= 11 is 0. The van der Waals surface area contributed by atoms with Crippen LogP contribution in [0.15, 0.2) is 36.5 Å². The molecule has 0 heterocycles. The lowest BCUT2D eigenvalue weighted by Crippen LogP contribution is -2.45. The summed E-state index contributed by atoms with van der Waals surface area (Å²) in [6.07, 6.45) is 77.7. The number of hydrogen-bond donors (Lipinski definition) is 3. The normalized spacial score (nSPS) is 12.8. The van der Waals surface area contributed by atoms with Gasteiger partial charge in [-0.1, -0.05) is 288 Å². The Bertz CT molecular complexity index is 1170. The highest BCUT2D eigenvalue weighted by molar-refractivity contribution is 5.76. The summed E-state index contributed by atoms with van der Waals surface area (Å²) in [5.41, 5.74) is 0. The number of carbonyl (C=O) groups is 2. The van der Waals surface area contributed by atoms with E-state index >= 15 is 0 Å². The minimum Gasteiger partial charge on any atom is -0.466 e. The van der Waals surface area contributed by atoms with Gasteiger partial charge in [-0.3, -0.25) is 9.59 Å². The van der Waals surface area contributed by atoms with Crippen LogP contribution in [0.2, 0.25) is 0 Å². The maximum Gasteiger partial charge on any atom is 0.305 e. The summed E-state index contributed by atoms with van der Waals surface area (Å²) in [6, 6.07) is -0.630. The van der Waals surface area contributed by atoms with Crippen molar-refractivity contribution >= 4 is 11.9 Å². The van der Waals surface area contributed by atoms with Crippen molar-refractivity contribution in [1.29, 1.82) is 0 Å². The summed E-state index contributed by atoms with van der Waals surface area (Å²) in [5, 5.41) is 23.2. The number of rotatable bonds is 60. The first-order valence-corrected chi connectivity index (χ1v) is 32.3. The van der Waals surface area contributed by atoms with Gasteiger partial charge in [0.1, 0.15) is 0 Å². The third kappa shape index (κ3) is 57.4. The summed E-state index contributed by atoms with van der Waals surface area (Å²) in [6.45, 7) is 4.90. The lowest BCUT2D eigenvalue weighted by Gasteiger charge is -2.20. The Morgan fingerprint density at radius 3 is 1.01 bits per heavy atom. The van der Waals surface area contributed by atoms with Gasteiger partial charge in [0.05, 0.1) is 25.4 Å². The van der Waals surface area contributed by atoms with Gasteiger partial charge in [0, 0.05) is 12.8 Å². The van der Waals surface area contributed by atoms with E-state index in [1.54, 1.807) is 6.08 Å². The van der Waals surface area contributed by atoms with E-state index in [-0.39, 0.29) is 18.5 Å². The largest absolute Gasteiger partial charge is 0.466 e. The van der Waals surface area contributed by atoms with Gasteiger partial charge in [0.25, 0.3) is 0 Å². The van der Waals surface area contributed by atoms with Crippen molar-refractivity contribution in [2.45, 2.75) is 360 Å². The molecule has 0 aliphatic rings. The van der Waals surface area contributed by atoms with E-state index in [1.807, 2.05) is 6.08 Å². The van der Waals surface area contributed by atoms with Crippen LogP contribution in [-0.2, 0) is 14.3 Å². The molecule has 0 rings (SSSR count). The van der Waals surface area contributed by atoms with E-state index in [4.69, 9.17) is 4.74 Å². The molecule has 0 spiro atoms. The van der Waals surface area contributed by atoms with E-state index in [2.05, 4.69) is 43.5 Å². The summed E-state index contributed by atoms with van der Waals surface area (Å²) in [7, 11) is 0. The quantitative estimate of drug-likeness (QED) is 0.0320. The van der Waals surface area contributed by atoms with Gasteiger partial charge in [0.15, 0.2) is 0 Å². The first-order chi connectivity index (χ1) is 35.5. The molecule has 6 heteroatoms. The van der Waals surface area contributed by atoms with Crippen LogP contribution >= 0.6 is 0 Å². The SMILES string of the molecule is CCCCC/C=C\CCCCCCCC(=O)OCCCCCCCCCCCCCC/C=C\CCCCCCCCCCCCC(=O)NC(CO)C(O)/C=C/CCCCCCCCCCCCCCCCC. The first-order valence-electron chi connectivity index (χ1n) is 32.3. The van der Waals surface area contributed by atoms with Crippen molar-refractivity contribution in [3.8, 4) is 0 Å². The molecule has 0 radical (unpaired) electrons. The third-order valence-corrected chi connectivity index (χ3v) is 14.9. The van der Waals surface area contributed by atoms with Gasteiger partial charge < -0.3 is 20.3 Å². The zero-order valence-electron chi connectivity index (χ0n) is 48.4. The molecule has 424 valence electrons. The number of nitrogens with one attached hydrogen (secondary N) is 1. The molecule has 0 aromatic carbocycles. The van der Waals surface area contributed by atoms with Gasteiger partial charge in [-0.2, -0.15) is 0 Å². The Kier molecular flexibility index (Phi) is 60.0. The molecule has 1 amide bonds. The van der Waals surface area contributed by atoms with Gasteiger partial charge in [-0.15, -0.1) is 0 Å². The Morgan fingerprint density at radius 1 is 0.375 bits per heavy atom. The van der Waals surface area contributed by atoms with Crippen molar-refractivity contribution in [3.05, 3.63) is 36.5 Å². The molecule has 0 bridgehead atoms. The van der Waals surface area contributed by atoms with Crippen LogP contribution in [0, 0.1) is 0 Å². The fraction of sp³-hybridized carbons (Fsp3) is 0.879. The van der Waals surface area contributed by atoms with Crippen LogP contribution in [0.4, 0.5) is 0 Å². The van der Waals surface area contributed by atoms with Crippen LogP contribution in [0.3, 0.4) is 0 Å². The number of esters is 1. The third-order valence-electron chi connectivity index (χ3n) is 14.9. The number of allylic oxidation sites excluding steroid dienone is 5. The highest BCUT2D eigenvalue weighted by Gasteiger charge is 2.18. The highest BCUT2D eigenvalue weighted by Crippen LogP contribution is 2.17. The molecule has 0 aliphatic heterocycles. The van der Waals surface area contributed by atoms with Crippen LogP contribution in [-0.4, -0.2) is 47.4 Å². The summed E-state index contributed by atoms with van der Waals surface area (Å²) < 4.78 is 5.47. The predicted molar refractivity (Wildman–Crippen MR) is 315 cm³/mol. The lowest BCUT2D eigenvalue weighted by atomic mass is 10.0. The van der Waals surface area contributed by atoms with Gasteiger partial charge >= 0.3 is 5.97 Å². The van der Waals surface area contributed by atoms with Crippen LogP contribution < -0.4 is 5.32 Å². The molecule has 0 aliphatic carbocycles. The second-order valence-electron chi connectivity index (χ2n) is 22.1. The van der Waals surface area contributed by atoms with Gasteiger partial charge in [-0.25, -0.2) is 0 Å². The minimum absolute atomic E-state index is 0.00382. The molecule has 0 saturated heterocycles. The molecule has 0 fully saturated rings. The average molecular weight is 1010 g/mol. The van der Waals surface area contributed by atoms with Crippen molar-refractivity contribution in [2.24, 2.45) is 0 Å². The Hall–Kier alpha value is -1.92. The molecular weight excluding hydrogens is 887 g/mol. The number of aliphatic hydroxyl groups excluding tert-OH is 2. The van der Waals surface area contributed by atoms with E-state index < -0.39 is 12.1 Å². The molecule has 6 nitrogen and oxygen atoms in total. The monoisotopic (exact) mass is 1010 g/mol. The van der Waals surface area contributed by atoms with E-state index in [1.165, 1.54) is 276 Å². The molecule has 3 N–H and O–H groups in total. The standard InChI is InChI=1S/C66H125NO5/c1-3-5-7-9-11-13-15-17-18-29-32-35-38-42-46-50-54-58-64(69)63(62-68)67-65(70)59-55-51-47-43-39-36-33-30-27-25-23-21-19-20-22-24-26-28-31-34-37-41-45-49-53-57-61-72-66(71)60-56-52-48-44-40-16-14-12-10-8-6-4-2/h12,14,19,21,54,58,63-64,68-69H,3-11,13,15-18,20,22-53,55-57,59-62H2,1-2H3,(H,67,70)/b14-12-,21-19-,58-54+. The van der Waals surface area contributed by atoms with Crippen LogP contribution in [0.25, 0.3) is 0 Å². The molecule has 2 atom stereocenters. The lowest BCUT2D eigenvalue weighted by molar-refractivity contribution is -0.143. The fourth-order valence-electron chi connectivity index (χ4n) is 9.92. The second kappa shape index (κ2) is 61.6.